The Morgan fingerprint density at radius 1 is 0.963 bits per heavy atom. The molecule has 140 valence electrons. The summed E-state index contributed by atoms with van der Waals surface area (Å²) in [5.41, 5.74) is 3.13. The topological polar surface area (TPSA) is 52.7 Å². The quantitative estimate of drug-likeness (QED) is 0.855. The maximum atomic E-state index is 12.7. The van der Waals surface area contributed by atoms with Crippen molar-refractivity contribution in [3.63, 3.8) is 0 Å². The van der Waals surface area contributed by atoms with Gasteiger partial charge in [0.2, 0.25) is 5.91 Å². The van der Waals surface area contributed by atoms with E-state index in [0.717, 1.165) is 56.0 Å². The molecule has 27 heavy (non-hydrogen) atoms. The smallest absolute Gasteiger partial charge is 0.255 e. The zero-order chi connectivity index (χ0) is 18.8. The highest BCUT2D eigenvalue weighted by Crippen LogP contribution is 2.32. The van der Waals surface area contributed by atoms with E-state index in [4.69, 9.17) is 11.6 Å². The van der Waals surface area contributed by atoms with Crippen molar-refractivity contribution in [2.45, 2.75) is 25.7 Å². The van der Waals surface area contributed by atoms with E-state index in [1.165, 1.54) is 0 Å². The molecule has 0 spiro atoms. The molecular weight excluding hydrogens is 362 g/mol. The molecule has 2 aromatic rings. The number of anilines is 3. The van der Waals surface area contributed by atoms with Crippen molar-refractivity contribution in [3.8, 4) is 0 Å². The van der Waals surface area contributed by atoms with Gasteiger partial charge in [-0.2, -0.15) is 0 Å². The SMILES string of the molecule is O=C(Nc1cc(Cl)ccc1N1CCCC1)c1ccc(N2CCCC2=O)cc1. The molecule has 0 unspecified atom stereocenters. The minimum Gasteiger partial charge on any atom is -0.370 e. The average molecular weight is 384 g/mol. The molecule has 2 aromatic carbocycles. The van der Waals surface area contributed by atoms with Gasteiger partial charge in [0.15, 0.2) is 0 Å². The van der Waals surface area contributed by atoms with Crippen molar-refractivity contribution in [3.05, 3.63) is 53.1 Å². The molecule has 2 saturated heterocycles. The number of carbonyl (C=O) groups is 2. The van der Waals surface area contributed by atoms with E-state index in [-0.39, 0.29) is 11.8 Å². The Kier molecular flexibility index (Phi) is 5.03. The summed E-state index contributed by atoms with van der Waals surface area (Å²) in [6.45, 7) is 2.72. The molecule has 5 nitrogen and oxygen atoms in total. The first kappa shape index (κ1) is 17.9. The number of halogens is 1. The highest BCUT2D eigenvalue weighted by Gasteiger charge is 2.22. The molecule has 0 aliphatic carbocycles. The lowest BCUT2D eigenvalue weighted by atomic mass is 10.1. The summed E-state index contributed by atoms with van der Waals surface area (Å²) < 4.78 is 0. The van der Waals surface area contributed by atoms with Crippen LogP contribution in [-0.2, 0) is 4.79 Å². The second kappa shape index (κ2) is 7.61. The Labute approximate surface area is 163 Å². The lowest BCUT2D eigenvalue weighted by molar-refractivity contribution is -0.117. The highest BCUT2D eigenvalue weighted by molar-refractivity contribution is 6.31. The Bertz CT molecular complexity index is 860. The van der Waals surface area contributed by atoms with Gasteiger partial charge >= 0.3 is 0 Å². The Morgan fingerprint density at radius 2 is 1.70 bits per heavy atom. The molecule has 0 atom stereocenters. The summed E-state index contributed by atoms with van der Waals surface area (Å²) in [4.78, 5) is 28.6. The van der Waals surface area contributed by atoms with Gasteiger partial charge in [0.05, 0.1) is 11.4 Å². The lowest BCUT2D eigenvalue weighted by Crippen LogP contribution is -2.24. The largest absolute Gasteiger partial charge is 0.370 e. The number of benzene rings is 2. The molecule has 1 N–H and O–H groups in total. The van der Waals surface area contributed by atoms with E-state index < -0.39 is 0 Å². The number of hydrogen-bond donors (Lipinski definition) is 1. The number of amides is 2. The van der Waals surface area contributed by atoms with Crippen molar-refractivity contribution in [2.24, 2.45) is 0 Å². The molecule has 6 heteroatoms. The van der Waals surface area contributed by atoms with E-state index in [1.54, 1.807) is 23.1 Å². The highest BCUT2D eigenvalue weighted by atomic mass is 35.5. The predicted octanol–water partition coefficient (Wildman–Crippen LogP) is 4.32. The standard InChI is InChI=1S/C21H22ClN3O2/c22-16-7-10-19(24-11-1-2-12-24)18(14-16)23-21(27)15-5-8-17(9-6-15)25-13-3-4-20(25)26/h5-10,14H,1-4,11-13H2,(H,23,27). The number of rotatable bonds is 4. The van der Waals surface area contributed by atoms with E-state index in [2.05, 4.69) is 10.2 Å². The zero-order valence-corrected chi connectivity index (χ0v) is 15.8. The zero-order valence-electron chi connectivity index (χ0n) is 15.1. The maximum absolute atomic E-state index is 12.7. The van der Waals surface area contributed by atoms with Crippen LogP contribution in [-0.4, -0.2) is 31.4 Å². The van der Waals surface area contributed by atoms with Gasteiger partial charge < -0.3 is 15.1 Å². The van der Waals surface area contributed by atoms with E-state index >= 15 is 0 Å². The van der Waals surface area contributed by atoms with Crippen LogP contribution in [0.2, 0.25) is 5.02 Å². The fraction of sp³-hybridized carbons (Fsp3) is 0.333. The maximum Gasteiger partial charge on any atom is 0.255 e. The van der Waals surface area contributed by atoms with Crippen LogP contribution in [0.5, 0.6) is 0 Å². The van der Waals surface area contributed by atoms with Gasteiger partial charge in [-0.15, -0.1) is 0 Å². The van der Waals surface area contributed by atoms with Crippen LogP contribution < -0.4 is 15.1 Å². The predicted molar refractivity (Wildman–Crippen MR) is 109 cm³/mol. The Hall–Kier alpha value is -2.53. The van der Waals surface area contributed by atoms with E-state index in [9.17, 15) is 9.59 Å². The normalized spacial score (nSPS) is 16.9. The average Bonchev–Trinajstić information content (AvgIpc) is 3.34. The van der Waals surface area contributed by atoms with Crippen LogP contribution in [0.15, 0.2) is 42.5 Å². The van der Waals surface area contributed by atoms with Gasteiger partial charge in [0.25, 0.3) is 5.91 Å². The molecule has 4 rings (SSSR count). The summed E-state index contributed by atoms with van der Waals surface area (Å²) >= 11 is 6.15. The molecule has 2 aliphatic rings. The van der Waals surface area contributed by atoms with Gasteiger partial charge in [-0.25, -0.2) is 0 Å². The minimum absolute atomic E-state index is 0.140. The van der Waals surface area contributed by atoms with Crippen LogP contribution in [0.3, 0.4) is 0 Å². The van der Waals surface area contributed by atoms with Gasteiger partial charge in [-0.3, -0.25) is 9.59 Å². The van der Waals surface area contributed by atoms with Crippen molar-refractivity contribution >= 4 is 40.5 Å². The van der Waals surface area contributed by atoms with E-state index in [0.29, 0.717) is 17.0 Å². The molecular formula is C21H22ClN3O2. The Balaban J connectivity index is 1.52. The number of nitrogens with zero attached hydrogens (tertiary/aromatic N) is 2. The second-order valence-electron chi connectivity index (χ2n) is 7.01. The molecule has 0 bridgehead atoms. The van der Waals surface area contributed by atoms with Crippen LogP contribution in [0.1, 0.15) is 36.0 Å². The third-order valence-corrected chi connectivity index (χ3v) is 5.40. The third-order valence-electron chi connectivity index (χ3n) is 5.17. The summed E-state index contributed by atoms with van der Waals surface area (Å²) in [7, 11) is 0. The first-order valence-corrected chi connectivity index (χ1v) is 9.76. The summed E-state index contributed by atoms with van der Waals surface area (Å²) in [6, 6.07) is 12.8. The monoisotopic (exact) mass is 383 g/mol. The summed E-state index contributed by atoms with van der Waals surface area (Å²) in [6.07, 6.45) is 3.80. The van der Waals surface area contributed by atoms with Gasteiger partial charge in [-0.05, 0) is 61.7 Å². The van der Waals surface area contributed by atoms with Crippen molar-refractivity contribution < 1.29 is 9.59 Å². The van der Waals surface area contributed by atoms with Crippen molar-refractivity contribution in [2.75, 3.05) is 34.8 Å². The minimum atomic E-state index is -0.183. The number of carbonyl (C=O) groups excluding carboxylic acids is 2. The Morgan fingerprint density at radius 3 is 2.37 bits per heavy atom. The van der Waals surface area contributed by atoms with Gasteiger partial charge in [0.1, 0.15) is 0 Å². The molecule has 2 heterocycles. The van der Waals surface area contributed by atoms with Gasteiger partial charge in [-0.1, -0.05) is 11.6 Å². The molecule has 2 amide bonds. The number of nitrogens with one attached hydrogen (secondary N) is 1. The molecule has 0 saturated carbocycles. The van der Waals surface area contributed by atoms with Crippen molar-refractivity contribution in [1.82, 2.24) is 0 Å². The molecule has 0 radical (unpaired) electrons. The van der Waals surface area contributed by atoms with Crippen LogP contribution in [0.25, 0.3) is 0 Å². The fourth-order valence-electron chi connectivity index (χ4n) is 3.75. The van der Waals surface area contributed by atoms with Crippen LogP contribution in [0.4, 0.5) is 17.1 Å². The second-order valence-corrected chi connectivity index (χ2v) is 7.44. The van der Waals surface area contributed by atoms with E-state index in [1.807, 2.05) is 24.3 Å². The first-order valence-electron chi connectivity index (χ1n) is 9.38. The third kappa shape index (κ3) is 3.78. The first-order chi connectivity index (χ1) is 13.1. The van der Waals surface area contributed by atoms with Crippen LogP contribution >= 0.6 is 11.6 Å². The van der Waals surface area contributed by atoms with Crippen molar-refractivity contribution in [1.29, 1.82) is 0 Å². The van der Waals surface area contributed by atoms with Gasteiger partial charge in [0, 0.05) is 42.3 Å². The van der Waals surface area contributed by atoms with Crippen LogP contribution in [0, 0.1) is 0 Å². The summed E-state index contributed by atoms with van der Waals surface area (Å²) in [5, 5.41) is 3.59. The summed E-state index contributed by atoms with van der Waals surface area (Å²) in [5.74, 6) is -0.0432. The molecule has 2 fully saturated rings. The number of hydrogen-bond acceptors (Lipinski definition) is 3. The molecule has 0 aromatic heterocycles. The lowest BCUT2D eigenvalue weighted by Gasteiger charge is -2.22. The fourth-order valence-corrected chi connectivity index (χ4v) is 3.92. The molecule has 2 aliphatic heterocycles.